The number of amides is 2. The first-order chi connectivity index (χ1) is 12.2. The number of carbonyl (C=O) groups excluding carboxylic acids is 2. The second kappa shape index (κ2) is 9.27. The second-order valence-electron chi connectivity index (χ2n) is 5.40. The maximum Gasteiger partial charge on any atom is 0.253 e. The van der Waals surface area contributed by atoms with Gasteiger partial charge in [0.25, 0.3) is 5.91 Å². The molecule has 5 nitrogen and oxygen atoms in total. The van der Waals surface area contributed by atoms with Crippen molar-refractivity contribution < 1.29 is 14.3 Å². The minimum Gasteiger partial charge on any atom is -0.496 e. The SMILES string of the molecule is C=CCNC(=O)c1ccccc1NC(=O)CCc1ccccc1OC. The van der Waals surface area contributed by atoms with Crippen molar-refractivity contribution in [1.29, 1.82) is 0 Å². The predicted molar refractivity (Wildman–Crippen MR) is 98.9 cm³/mol. The molecular weight excluding hydrogens is 316 g/mol. The van der Waals surface area contributed by atoms with Crippen LogP contribution in [-0.4, -0.2) is 25.5 Å². The average Bonchev–Trinajstić information content (AvgIpc) is 2.65. The van der Waals surface area contributed by atoms with Crippen LogP contribution in [0.4, 0.5) is 5.69 Å². The molecule has 2 amide bonds. The number of benzene rings is 2. The molecule has 0 unspecified atom stereocenters. The van der Waals surface area contributed by atoms with Crippen LogP contribution >= 0.6 is 0 Å². The molecule has 0 aliphatic rings. The van der Waals surface area contributed by atoms with Gasteiger partial charge in [-0.3, -0.25) is 9.59 Å². The summed E-state index contributed by atoms with van der Waals surface area (Å²) < 4.78 is 5.29. The molecule has 0 heterocycles. The Labute approximate surface area is 147 Å². The largest absolute Gasteiger partial charge is 0.496 e. The van der Waals surface area contributed by atoms with E-state index in [1.165, 1.54) is 0 Å². The lowest BCUT2D eigenvalue weighted by Gasteiger charge is -2.11. The molecule has 5 heteroatoms. The van der Waals surface area contributed by atoms with Crippen LogP contribution in [-0.2, 0) is 11.2 Å². The number of carbonyl (C=O) groups is 2. The van der Waals surface area contributed by atoms with Gasteiger partial charge in [0, 0.05) is 13.0 Å². The summed E-state index contributed by atoms with van der Waals surface area (Å²) in [5.41, 5.74) is 1.89. The van der Waals surface area contributed by atoms with Crippen LogP contribution in [0, 0.1) is 0 Å². The van der Waals surface area contributed by atoms with Crippen LogP contribution in [0.25, 0.3) is 0 Å². The van der Waals surface area contributed by atoms with Gasteiger partial charge in [0.1, 0.15) is 5.75 Å². The highest BCUT2D eigenvalue weighted by Crippen LogP contribution is 2.20. The first kappa shape index (κ1) is 18.3. The van der Waals surface area contributed by atoms with Crippen LogP contribution in [0.2, 0.25) is 0 Å². The van der Waals surface area contributed by atoms with Gasteiger partial charge >= 0.3 is 0 Å². The number of rotatable bonds is 8. The number of hydrogen-bond donors (Lipinski definition) is 2. The van der Waals surface area contributed by atoms with E-state index in [9.17, 15) is 9.59 Å². The fraction of sp³-hybridized carbons (Fsp3) is 0.200. The molecule has 0 saturated heterocycles. The Morgan fingerprint density at radius 2 is 1.84 bits per heavy atom. The van der Waals surface area contributed by atoms with Crippen LogP contribution in [0.1, 0.15) is 22.3 Å². The summed E-state index contributed by atoms with van der Waals surface area (Å²) in [6.07, 6.45) is 2.45. The molecule has 25 heavy (non-hydrogen) atoms. The van der Waals surface area contributed by atoms with Gasteiger partial charge in [0.2, 0.25) is 5.91 Å². The lowest BCUT2D eigenvalue weighted by molar-refractivity contribution is -0.116. The van der Waals surface area contributed by atoms with E-state index in [0.29, 0.717) is 30.6 Å². The maximum atomic E-state index is 12.3. The molecule has 0 saturated carbocycles. The van der Waals surface area contributed by atoms with Crippen molar-refractivity contribution in [1.82, 2.24) is 5.32 Å². The summed E-state index contributed by atoms with van der Waals surface area (Å²) in [4.78, 5) is 24.4. The lowest BCUT2D eigenvalue weighted by Crippen LogP contribution is -2.25. The molecule has 0 atom stereocenters. The third-order valence-corrected chi connectivity index (χ3v) is 3.67. The van der Waals surface area contributed by atoms with E-state index in [1.807, 2.05) is 24.3 Å². The Balaban J connectivity index is 2.01. The lowest BCUT2D eigenvalue weighted by atomic mass is 10.1. The van der Waals surface area contributed by atoms with Gasteiger partial charge in [-0.1, -0.05) is 36.4 Å². The standard InChI is InChI=1S/C20H22N2O3/c1-3-14-21-20(24)16-9-5-6-10-17(16)22-19(23)13-12-15-8-4-7-11-18(15)25-2/h3-11H,1,12-14H2,2H3,(H,21,24)(H,22,23). The molecule has 0 fully saturated rings. The molecule has 2 aromatic rings. The maximum absolute atomic E-state index is 12.3. The topological polar surface area (TPSA) is 67.4 Å². The minimum absolute atomic E-state index is 0.158. The van der Waals surface area contributed by atoms with E-state index >= 15 is 0 Å². The van der Waals surface area contributed by atoms with E-state index in [4.69, 9.17) is 4.74 Å². The zero-order chi connectivity index (χ0) is 18.1. The molecule has 2 N–H and O–H groups in total. The molecular formula is C20H22N2O3. The van der Waals surface area contributed by atoms with Gasteiger partial charge in [0.15, 0.2) is 0 Å². The Hall–Kier alpha value is -3.08. The molecule has 130 valence electrons. The van der Waals surface area contributed by atoms with Crippen LogP contribution in [0.3, 0.4) is 0 Å². The summed E-state index contributed by atoms with van der Waals surface area (Å²) in [6.45, 7) is 3.94. The highest BCUT2D eigenvalue weighted by Gasteiger charge is 2.13. The summed E-state index contributed by atoms with van der Waals surface area (Å²) in [5, 5.41) is 5.52. The third kappa shape index (κ3) is 5.21. The second-order valence-corrected chi connectivity index (χ2v) is 5.40. The van der Waals surface area contributed by atoms with Crippen LogP contribution in [0.15, 0.2) is 61.2 Å². The summed E-state index contributed by atoms with van der Waals surface area (Å²) in [6, 6.07) is 14.5. The van der Waals surface area contributed by atoms with E-state index < -0.39 is 0 Å². The van der Waals surface area contributed by atoms with E-state index in [1.54, 1.807) is 37.5 Å². The first-order valence-electron chi connectivity index (χ1n) is 8.05. The monoisotopic (exact) mass is 338 g/mol. The molecule has 0 aliphatic heterocycles. The van der Waals surface area contributed by atoms with Crippen molar-refractivity contribution in [3.63, 3.8) is 0 Å². The molecule has 2 rings (SSSR count). The molecule has 2 aromatic carbocycles. The summed E-state index contributed by atoms with van der Waals surface area (Å²) >= 11 is 0. The third-order valence-electron chi connectivity index (χ3n) is 3.67. The highest BCUT2D eigenvalue weighted by atomic mass is 16.5. The van der Waals surface area contributed by atoms with Crippen molar-refractivity contribution in [2.75, 3.05) is 19.0 Å². The summed E-state index contributed by atoms with van der Waals surface area (Å²) in [5.74, 6) is 0.356. The predicted octanol–water partition coefficient (Wildman–Crippen LogP) is 3.18. The number of aryl methyl sites for hydroxylation is 1. The zero-order valence-corrected chi connectivity index (χ0v) is 14.2. The number of anilines is 1. The Morgan fingerprint density at radius 1 is 1.12 bits per heavy atom. The Kier molecular flexibility index (Phi) is 6.77. The number of methoxy groups -OCH3 is 1. The highest BCUT2D eigenvalue weighted by molar-refractivity contribution is 6.03. The first-order valence-corrected chi connectivity index (χ1v) is 8.05. The number of ether oxygens (including phenoxy) is 1. The zero-order valence-electron chi connectivity index (χ0n) is 14.2. The summed E-state index contributed by atoms with van der Waals surface area (Å²) in [7, 11) is 1.61. The van der Waals surface area contributed by atoms with E-state index in [0.717, 1.165) is 11.3 Å². The van der Waals surface area contributed by atoms with E-state index in [2.05, 4.69) is 17.2 Å². The van der Waals surface area contributed by atoms with Crippen molar-refractivity contribution in [2.24, 2.45) is 0 Å². The minimum atomic E-state index is -0.250. The fourth-order valence-electron chi connectivity index (χ4n) is 2.42. The number of nitrogens with one attached hydrogen (secondary N) is 2. The van der Waals surface area contributed by atoms with Crippen molar-refractivity contribution in [3.05, 3.63) is 72.3 Å². The van der Waals surface area contributed by atoms with E-state index in [-0.39, 0.29) is 11.8 Å². The molecule has 0 aliphatic carbocycles. The fourth-order valence-corrected chi connectivity index (χ4v) is 2.42. The molecule has 0 bridgehead atoms. The normalized spacial score (nSPS) is 9.96. The smallest absolute Gasteiger partial charge is 0.253 e. The van der Waals surface area contributed by atoms with Gasteiger partial charge in [0.05, 0.1) is 18.4 Å². The van der Waals surface area contributed by atoms with Crippen LogP contribution < -0.4 is 15.4 Å². The molecule has 0 radical (unpaired) electrons. The molecule has 0 spiro atoms. The van der Waals surface area contributed by atoms with Crippen molar-refractivity contribution >= 4 is 17.5 Å². The van der Waals surface area contributed by atoms with Crippen molar-refractivity contribution in [2.45, 2.75) is 12.8 Å². The molecule has 0 aromatic heterocycles. The van der Waals surface area contributed by atoms with Gasteiger partial charge < -0.3 is 15.4 Å². The van der Waals surface area contributed by atoms with Gasteiger partial charge in [-0.25, -0.2) is 0 Å². The van der Waals surface area contributed by atoms with Crippen molar-refractivity contribution in [3.8, 4) is 5.75 Å². The number of para-hydroxylation sites is 2. The van der Waals surface area contributed by atoms with Gasteiger partial charge in [-0.15, -0.1) is 6.58 Å². The van der Waals surface area contributed by atoms with Crippen LogP contribution in [0.5, 0.6) is 5.75 Å². The average molecular weight is 338 g/mol. The Morgan fingerprint density at radius 3 is 2.60 bits per heavy atom. The van der Waals surface area contributed by atoms with Gasteiger partial charge in [-0.2, -0.15) is 0 Å². The number of hydrogen-bond acceptors (Lipinski definition) is 3. The quantitative estimate of drug-likeness (QED) is 0.727. The Bertz CT molecular complexity index is 756. The van der Waals surface area contributed by atoms with Gasteiger partial charge in [-0.05, 0) is 30.2 Å².